The number of anilines is 1. The Hall–Kier alpha value is -2.52. The molecule has 2 aromatic rings. The van der Waals surface area contributed by atoms with Gasteiger partial charge in [-0.25, -0.2) is 0 Å². The summed E-state index contributed by atoms with van der Waals surface area (Å²) in [6.07, 6.45) is 2.13. The average molecular weight is 271 g/mol. The lowest BCUT2D eigenvalue weighted by Crippen LogP contribution is -2.11. The maximum absolute atomic E-state index is 11.8. The number of amides is 1. The number of benzene rings is 1. The van der Waals surface area contributed by atoms with Crippen LogP contribution < -0.4 is 5.32 Å². The summed E-state index contributed by atoms with van der Waals surface area (Å²) in [6, 6.07) is 8.38. The highest BCUT2D eigenvalue weighted by Gasteiger charge is 2.08. The molecule has 2 rings (SSSR count). The second kappa shape index (κ2) is 5.89. The number of H-pyrrole nitrogens is 1. The van der Waals surface area contributed by atoms with Crippen molar-refractivity contribution in [1.29, 1.82) is 5.26 Å². The van der Waals surface area contributed by atoms with E-state index in [0.29, 0.717) is 23.2 Å². The van der Waals surface area contributed by atoms with E-state index in [1.54, 1.807) is 24.3 Å². The Morgan fingerprint density at radius 2 is 2.11 bits per heavy atom. The molecular weight excluding hydrogens is 262 g/mol. The smallest absolute Gasteiger partial charge is 0.272 e. The maximum atomic E-state index is 11.8. The molecule has 0 fully saturated rings. The Morgan fingerprint density at radius 3 is 2.68 bits per heavy atom. The number of nitrogens with zero attached hydrogens (tertiary/aromatic N) is 1. The molecule has 94 valence electrons. The number of aldehydes is 1. The lowest BCUT2D eigenvalue weighted by molar-refractivity contribution is 0.102. The minimum absolute atomic E-state index is 0.317. The molecule has 0 atom stereocenters. The van der Waals surface area contributed by atoms with E-state index in [1.807, 2.05) is 5.40 Å². The second-order valence-corrected chi connectivity index (χ2v) is 4.49. The Balaban J connectivity index is 2.06. The number of nitrogens with one attached hydrogen (secondary N) is 2. The number of thioether (sulfide) groups is 1. The largest absolute Gasteiger partial charge is 0.356 e. The Bertz CT molecular complexity index is 641. The molecule has 6 heteroatoms. The van der Waals surface area contributed by atoms with E-state index < -0.39 is 0 Å². The Kier molecular flexibility index (Phi) is 4.00. The van der Waals surface area contributed by atoms with Gasteiger partial charge in [0.1, 0.15) is 11.1 Å². The van der Waals surface area contributed by atoms with Gasteiger partial charge in [0.15, 0.2) is 6.29 Å². The topological polar surface area (TPSA) is 85.8 Å². The predicted molar refractivity (Wildman–Crippen MR) is 72.0 cm³/mol. The highest BCUT2D eigenvalue weighted by molar-refractivity contribution is 8.03. The fourth-order valence-corrected chi connectivity index (χ4v) is 1.85. The zero-order chi connectivity index (χ0) is 13.7. The third-order valence-electron chi connectivity index (χ3n) is 2.36. The van der Waals surface area contributed by atoms with Crippen molar-refractivity contribution in [2.75, 3.05) is 5.32 Å². The molecule has 1 aromatic carbocycles. The van der Waals surface area contributed by atoms with E-state index in [-0.39, 0.29) is 5.91 Å². The van der Waals surface area contributed by atoms with Crippen LogP contribution in [0.4, 0.5) is 5.69 Å². The van der Waals surface area contributed by atoms with Gasteiger partial charge in [-0.05, 0) is 42.1 Å². The lowest BCUT2D eigenvalue weighted by atomic mass is 10.3. The van der Waals surface area contributed by atoms with Gasteiger partial charge in [-0.3, -0.25) is 9.59 Å². The standard InChI is InChI=1S/C13H9N3O2S/c14-8-19-11-3-1-10(2-4-11)16-13(18)12-5-9(7-17)6-15-12/h1-7,15H,(H,16,18). The van der Waals surface area contributed by atoms with Crippen LogP contribution in [0.15, 0.2) is 41.4 Å². The number of carbonyl (C=O) groups is 2. The Labute approximate surface area is 113 Å². The van der Waals surface area contributed by atoms with Crippen LogP contribution in [0.3, 0.4) is 0 Å². The third kappa shape index (κ3) is 3.24. The van der Waals surface area contributed by atoms with Gasteiger partial charge in [0.05, 0.1) is 0 Å². The van der Waals surface area contributed by atoms with Gasteiger partial charge in [0.25, 0.3) is 5.91 Å². The van der Waals surface area contributed by atoms with E-state index in [9.17, 15) is 9.59 Å². The first-order valence-corrected chi connectivity index (χ1v) is 6.15. The van der Waals surface area contributed by atoms with Crippen LogP contribution >= 0.6 is 11.8 Å². The number of nitriles is 1. The van der Waals surface area contributed by atoms with Crippen LogP contribution in [0.25, 0.3) is 0 Å². The van der Waals surface area contributed by atoms with Gasteiger partial charge < -0.3 is 10.3 Å². The van der Waals surface area contributed by atoms with Crippen molar-refractivity contribution in [3.05, 3.63) is 47.8 Å². The monoisotopic (exact) mass is 271 g/mol. The fourth-order valence-electron chi connectivity index (χ4n) is 1.47. The number of carbonyl (C=O) groups excluding carboxylic acids is 2. The molecule has 0 aliphatic heterocycles. The number of rotatable bonds is 4. The first-order valence-electron chi connectivity index (χ1n) is 5.34. The summed E-state index contributed by atoms with van der Waals surface area (Å²) in [4.78, 5) is 25.9. The fraction of sp³-hybridized carbons (Fsp3) is 0. The molecule has 2 N–H and O–H groups in total. The molecule has 1 amide bonds. The lowest BCUT2D eigenvalue weighted by Gasteiger charge is -2.03. The highest BCUT2D eigenvalue weighted by Crippen LogP contribution is 2.19. The summed E-state index contributed by atoms with van der Waals surface area (Å²) >= 11 is 1.05. The summed E-state index contributed by atoms with van der Waals surface area (Å²) in [5, 5.41) is 13.2. The molecule has 1 aromatic heterocycles. The summed E-state index contributed by atoms with van der Waals surface area (Å²) in [5.74, 6) is -0.325. The molecule has 0 saturated heterocycles. The Morgan fingerprint density at radius 1 is 1.37 bits per heavy atom. The quantitative estimate of drug-likeness (QED) is 0.508. The molecular formula is C13H9N3O2S. The summed E-state index contributed by atoms with van der Waals surface area (Å²) < 4.78 is 0. The first-order chi connectivity index (χ1) is 9.22. The van der Waals surface area contributed by atoms with Gasteiger partial charge in [-0.1, -0.05) is 0 Å². The van der Waals surface area contributed by atoms with Crippen molar-refractivity contribution in [3.8, 4) is 5.40 Å². The van der Waals surface area contributed by atoms with Gasteiger partial charge in [-0.15, -0.1) is 0 Å². The molecule has 0 aliphatic rings. The van der Waals surface area contributed by atoms with E-state index in [2.05, 4.69) is 10.3 Å². The van der Waals surface area contributed by atoms with Crippen molar-refractivity contribution >= 4 is 29.6 Å². The molecule has 0 saturated carbocycles. The van der Waals surface area contributed by atoms with Gasteiger partial charge >= 0.3 is 0 Å². The number of aromatic amines is 1. The third-order valence-corrected chi connectivity index (χ3v) is 2.96. The van der Waals surface area contributed by atoms with E-state index in [4.69, 9.17) is 5.26 Å². The zero-order valence-electron chi connectivity index (χ0n) is 9.71. The molecule has 0 bridgehead atoms. The number of hydrogen-bond acceptors (Lipinski definition) is 4. The van der Waals surface area contributed by atoms with Crippen molar-refractivity contribution in [2.24, 2.45) is 0 Å². The van der Waals surface area contributed by atoms with Crippen LogP contribution in [0, 0.1) is 10.7 Å². The number of aromatic nitrogens is 1. The molecule has 0 unspecified atom stereocenters. The normalized spacial score (nSPS) is 9.63. The minimum atomic E-state index is -0.325. The van der Waals surface area contributed by atoms with Crippen LogP contribution in [-0.4, -0.2) is 17.2 Å². The minimum Gasteiger partial charge on any atom is -0.356 e. The van der Waals surface area contributed by atoms with Crippen molar-refractivity contribution in [3.63, 3.8) is 0 Å². The van der Waals surface area contributed by atoms with E-state index >= 15 is 0 Å². The SMILES string of the molecule is N#CSc1ccc(NC(=O)c2cc(C=O)c[nH]2)cc1. The predicted octanol–water partition coefficient (Wildman–Crippen LogP) is 2.65. The van der Waals surface area contributed by atoms with Crippen LogP contribution in [0.2, 0.25) is 0 Å². The summed E-state index contributed by atoms with van der Waals surface area (Å²) in [5.41, 5.74) is 1.36. The van der Waals surface area contributed by atoms with Crippen molar-refractivity contribution in [2.45, 2.75) is 4.90 Å². The molecule has 0 radical (unpaired) electrons. The summed E-state index contributed by atoms with van der Waals surface area (Å²) in [6.45, 7) is 0. The van der Waals surface area contributed by atoms with E-state index in [1.165, 1.54) is 12.3 Å². The van der Waals surface area contributed by atoms with E-state index in [0.717, 1.165) is 16.7 Å². The molecule has 0 spiro atoms. The van der Waals surface area contributed by atoms with Crippen molar-refractivity contribution in [1.82, 2.24) is 4.98 Å². The molecule has 19 heavy (non-hydrogen) atoms. The molecule has 0 aliphatic carbocycles. The van der Waals surface area contributed by atoms with Crippen LogP contribution in [0.5, 0.6) is 0 Å². The number of thiocyanates is 1. The zero-order valence-corrected chi connectivity index (χ0v) is 10.5. The maximum Gasteiger partial charge on any atom is 0.272 e. The van der Waals surface area contributed by atoms with Gasteiger partial charge in [-0.2, -0.15) is 5.26 Å². The highest BCUT2D eigenvalue weighted by atomic mass is 32.2. The molecule has 1 heterocycles. The van der Waals surface area contributed by atoms with Crippen molar-refractivity contribution < 1.29 is 9.59 Å². The second-order valence-electron chi connectivity index (χ2n) is 3.64. The van der Waals surface area contributed by atoms with Crippen LogP contribution in [0.1, 0.15) is 20.8 Å². The van der Waals surface area contributed by atoms with Gasteiger partial charge in [0, 0.05) is 22.3 Å². The number of hydrogen-bond donors (Lipinski definition) is 2. The van der Waals surface area contributed by atoms with Crippen LogP contribution in [-0.2, 0) is 0 Å². The summed E-state index contributed by atoms with van der Waals surface area (Å²) in [7, 11) is 0. The molecule has 5 nitrogen and oxygen atoms in total. The van der Waals surface area contributed by atoms with Gasteiger partial charge in [0.2, 0.25) is 0 Å². The average Bonchev–Trinajstić information content (AvgIpc) is 2.90. The first kappa shape index (κ1) is 12.9.